The maximum Gasteiger partial charge on any atom is 0.291 e. The van der Waals surface area contributed by atoms with Crippen LogP contribution in [0.3, 0.4) is 0 Å². The lowest BCUT2D eigenvalue weighted by Gasteiger charge is -2.22. The Morgan fingerprint density at radius 2 is 1.86 bits per heavy atom. The highest BCUT2D eigenvalue weighted by molar-refractivity contribution is 6.03. The first-order valence-corrected chi connectivity index (χ1v) is 9.44. The molecule has 1 N–H and O–H groups in total. The van der Waals surface area contributed by atoms with Crippen molar-refractivity contribution < 1.29 is 14.1 Å². The fourth-order valence-corrected chi connectivity index (χ4v) is 3.15. The Morgan fingerprint density at radius 3 is 2.52 bits per heavy atom. The monoisotopic (exact) mass is 393 g/mol. The van der Waals surface area contributed by atoms with Crippen molar-refractivity contribution in [3.05, 3.63) is 76.0 Å². The number of aryl methyl sites for hydroxylation is 1. The summed E-state index contributed by atoms with van der Waals surface area (Å²) in [6.07, 6.45) is 0. The number of anilines is 2. The van der Waals surface area contributed by atoms with Crippen LogP contribution in [0.5, 0.6) is 0 Å². The molecule has 1 heterocycles. The van der Waals surface area contributed by atoms with Gasteiger partial charge >= 0.3 is 0 Å². The summed E-state index contributed by atoms with van der Waals surface area (Å²) in [5.74, 6) is 0.159. The Labute approximate surface area is 169 Å². The van der Waals surface area contributed by atoms with E-state index in [2.05, 4.69) is 24.1 Å². The van der Waals surface area contributed by atoms with E-state index in [0.29, 0.717) is 17.0 Å². The summed E-state index contributed by atoms with van der Waals surface area (Å²) in [6, 6.07) is 15.2. The van der Waals surface area contributed by atoms with Gasteiger partial charge in [0.2, 0.25) is 0 Å². The first kappa shape index (κ1) is 20.1. The Hall–Kier alpha value is -3.61. The minimum Gasteiger partial charge on any atom is -0.451 e. The zero-order valence-corrected chi connectivity index (χ0v) is 16.6. The van der Waals surface area contributed by atoms with Crippen LogP contribution in [-0.2, 0) is 0 Å². The molecule has 0 unspecified atom stereocenters. The van der Waals surface area contributed by atoms with Gasteiger partial charge in [0.15, 0.2) is 5.76 Å². The molecule has 3 aromatic rings. The summed E-state index contributed by atoms with van der Waals surface area (Å²) >= 11 is 0. The maximum atomic E-state index is 12.6. The van der Waals surface area contributed by atoms with Gasteiger partial charge in [0.1, 0.15) is 5.76 Å². The summed E-state index contributed by atoms with van der Waals surface area (Å²) in [7, 11) is 0. The van der Waals surface area contributed by atoms with Crippen molar-refractivity contribution >= 4 is 23.0 Å². The Bertz CT molecular complexity index is 1040. The van der Waals surface area contributed by atoms with Crippen LogP contribution in [0.15, 0.2) is 59.0 Å². The van der Waals surface area contributed by atoms with Gasteiger partial charge in [0.05, 0.1) is 4.92 Å². The average molecular weight is 393 g/mol. The van der Waals surface area contributed by atoms with Crippen molar-refractivity contribution in [2.75, 3.05) is 23.3 Å². The minimum atomic E-state index is -0.468. The van der Waals surface area contributed by atoms with Crippen LogP contribution >= 0.6 is 0 Å². The third-order valence-electron chi connectivity index (χ3n) is 4.76. The van der Waals surface area contributed by atoms with Gasteiger partial charge in [-0.15, -0.1) is 0 Å². The maximum absolute atomic E-state index is 12.6. The standard InChI is InChI=1S/C22H23N3O4/c1-4-24(5-2)17-9-10-19(15(3)13-17)23-22(26)21-12-11-20(29-21)16-7-6-8-18(14-16)25(27)28/h6-14H,4-5H2,1-3H3,(H,23,26). The number of carbonyl (C=O) groups is 1. The Balaban J connectivity index is 1.77. The molecule has 0 saturated carbocycles. The summed E-state index contributed by atoms with van der Waals surface area (Å²) < 4.78 is 5.63. The van der Waals surface area contributed by atoms with E-state index < -0.39 is 4.92 Å². The molecule has 0 atom stereocenters. The Kier molecular flexibility index (Phi) is 5.97. The van der Waals surface area contributed by atoms with E-state index in [9.17, 15) is 14.9 Å². The van der Waals surface area contributed by atoms with Gasteiger partial charge in [0, 0.05) is 42.2 Å². The number of non-ortho nitro benzene ring substituents is 1. The molecule has 3 rings (SSSR count). The number of hydrogen-bond donors (Lipinski definition) is 1. The van der Waals surface area contributed by atoms with Crippen molar-refractivity contribution in [2.45, 2.75) is 20.8 Å². The fraction of sp³-hybridized carbons (Fsp3) is 0.227. The highest BCUT2D eigenvalue weighted by Crippen LogP contribution is 2.27. The number of nitrogens with zero attached hydrogens (tertiary/aromatic N) is 2. The lowest BCUT2D eigenvalue weighted by atomic mass is 10.1. The van der Waals surface area contributed by atoms with Gasteiger partial charge in [-0.2, -0.15) is 0 Å². The van der Waals surface area contributed by atoms with Crippen LogP contribution in [0.4, 0.5) is 17.1 Å². The average Bonchev–Trinajstić information content (AvgIpc) is 3.21. The zero-order valence-electron chi connectivity index (χ0n) is 16.6. The van der Waals surface area contributed by atoms with E-state index in [-0.39, 0.29) is 17.4 Å². The number of nitrogens with one attached hydrogen (secondary N) is 1. The molecule has 2 aromatic carbocycles. The smallest absolute Gasteiger partial charge is 0.291 e. The number of benzene rings is 2. The summed E-state index contributed by atoms with van der Waals surface area (Å²) in [6.45, 7) is 7.97. The number of nitro groups is 1. The molecular formula is C22H23N3O4. The number of nitro benzene ring substituents is 1. The second kappa shape index (κ2) is 8.60. The predicted molar refractivity (Wildman–Crippen MR) is 113 cm³/mol. The van der Waals surface area contributed by atoms with Crippen molar-refractivity contribution in [2.24, 2.45) is 0 Å². The van der Waals surface area contributed by atoms with Crippen LogP contribution in [0.25, 0.3) is 11.3 Å². The molecule has 0 fully saturated rings. The topological polar surface area (TPSA) is 88.6 Å². The lowest BCUT2D eigenvalue weighted by molar-refractivity contribution is -0.384. The quantitative estimate of drug-likeness (QED) is 0.437. The molecule has 0 aliphatic rings. The largest absolute Gasteiger partial charge is 0.451 e. The van der Waals surface area contributed by atoms with Crippen LogP contribution in [0, 0.1) is 17.0 Å². The summed E-state index contributed by atoms with van der Waals surface area (Å²) in [4.78, 5) is 25.3. The molecule has 0 aliphatic carbocycles. The lowest BCUT2D eigenvalue weighted by Crippen LogP contribution is -2.22. The van der Waals surface area contributed by atoms with E-state index in [0.717, 1.165) is 24.3 Å². The molecule has 7 heteroatoms. The number of hydrogen-bond acceptors (Lipinski definition) is 5. The third-order valence-corrected chi connectivity index (χ3v) is 4.76. The first-order valence-electron chi connectivity index (χ1n) is 9.44. The van der Waals surface area contributed by atoms with Gasteiger partial charge in [0.25, 0.3) is 11.6 Å². The molecule has 7 nitrogen and oxygen atoms in total. The van der Waals surface area contributed by atoms with Crippen molar-refractivity contribution in [1.82, 2.24) is 0 Å². The third kappa shape index (κ3) is 4.45. The Morgan fingerprint density at radius 1 is 1.10 bits per heavy atom. The second-order valence-electron chi connectivity index (χ2n) is 6.60. The van der Waals surface area contributed by atoms with Gasteiger partial charge < -0.3 is 14.6 Å². The minimum absolute atomic E-state index is 0.0335. The highest BCUT2D eigenvalue weighted by atomic mass is 16.6. The normalized spacial score (nSPS) is 10.6. The molecule has 29 heavy (non-hydrogen) atoms. The number of furan rings is 1. The van der Waals surface area contributed by atoms with E-state index >= 15 is 0 Å². The van der Waals surface area contributed by atoms with E-state index in [1.807, 2.05) is 25.1 Å². The van der Waals surface area contributed by atoms with Crippen LogP contribution in [0.2, 0.25) is 0 Å². The molecule has 0 bridgehead atoms. The highest BCUT2D eigenvalue weighted by Gasteiger charge is 2.15. The van der Waals surface area contributed by atoms with Gasteiger partial charge in [-0.25, -0.2) is 0 Å². The molecule has 0 saturated heterocycles. The van der Waals surface area contributed by atoms with Gasteiger partial charge in [-0.05, 0) is 56.7 Å². The van der Waals surface area contributed by atoms with Crippen molar-refractivity contribution in [1.29, 1.82) is 0 Å². The first-order chi connectivity index (χ1) is 13.9. The number of carbonyl (C=O) groups excluding carboxylic acids is 1. The zero-order chi connectivity index (χ0) is 21.0. The van der Waals surface area contributed by atoms with Crippen molar-refractivity contribution in [3.63, 3.8) is 0 Å². The number of amides is 1. The molecular weight excluding hydrogens is 370 g/mol. The molecule has 150 valence electrons. The van der Waals surface area contributed by atoms with Gasteiger partial charge in [-0.1, -0.05) is 12.1 Å². The van der Waals surface area contributed by atoms with Crippen LogP contribution in [-0.4, -0.2) is 23.9 Å². The molecule has 1 amide bonds. The van der Waals surface area contributed by atoms with E-state index in [1.165, 1.54) is 12.1 Å². The second-order valence-corrected chi connectivity index (χ2v) is 6.60. The molecule has 0 spiro atoms. The summed E-state index contributed by atoms with van der Waals surface area (Å²) in [5, 5.41) is 13.8. The van der Waals surface area contributed by atoms with Crippen molar-refractivity contribution in [3.8, 4) is 11.3 Å². The molecule has 0 radical (unpaired) electrons. The van der Waals surface area contributed by atoms with Crippen LogP contribution in [0.1, 0.15) is 30.0 Å². The predicted octanol–water partition coefficient (Wildman–Crippen LogP) is 5.26. The number of rotatable bonds is 7. The van der Waals surface area contributed by atoms with E-state index in [1.54, 1.807) is 24.3 Å². The molecule has 0 aliphatic heterocycles. The van der Waals surface area contributed by atoms with E-state index in [4.69, 9.17) is 4.42 Å². The SMILES string of the molecule is CCN(CC)c1ccc(NC(=O)c2ccc(-c3cccc([N+](=O)[O-])c3)o2)c(C)c1. The van der Waals surface area contributed by atoms with Crippen LogP contribution < -0.4 is 10.2 Å². The summed E-state index contributed by atoms with van der Waals surface area (Å²) in [5.41, 5.74) is 3.27. The van der Waals surface area contributed by atoms with Gasteiger partial charge in [-0.3, -0.25) is 14.9 Å². The fourth-order valence-electron chi connectivity index (χ4n) is 3.15. The molecule has 1 aromatic heterocycles.